The zero-order valence-electron chi connectivity index (χ0n) is 15.4. The lowest BCUT2D eigenvalue weighted by atomic mass is 9.87. The molecule has 2 unspecified atom stereocenters. The van der Waals surface area contributed by atoms with E-state index in [0.29, 0.717) is 16.0 Å². The molecule has 4 heterocycles. The molecule has 0 aliphatic carbocycles. The van der Waals surface area contributed by atoms with E-state index in [4.69, 9.17) is 27.9 Å². The summed E-state index contributed by atoms with van der Waals surface area (Å²) in [6, 6.07) is 17.5. The highest BCUT2D eigenvalue weighted by atomic mass is 35.5. The van der Waals surface area contributed by atoms with Crippen molar-refractivity contribution in [2.75, 3.05) is 5.32 Å². The van der Waals surface area contributed by atoms with Crippen LogP contribution in [-0.2, 0) is 0 Å². The van der Waals surface area contributed by atoms with E-state index in [9.17, 15) is 0 Å². The summed E-state index contributed by atoms with van der Waals surface area (Å²) in [5.41, 5.74) is 3.95. The van der Waals surface area contributed by atoms with E-state index in [1.165, 1.54) is 0 Å². The molecule has 6 rings (SSSR count). The highest BCUT2D eigenvalue weighted by Crippen LogP contribution is 2.51. The number of thiophene rings is 1. The Balaban J connectivity index is 1.63. The first-order valence-electron chi connectivity index (χ1n) is 9.35. The van der Waals surface area contributed by atoms with Crippen molar-refractivity contribution in [1.29, 1.82) is 0 Å². The molecule has 4 aromatic rings. The molecular formula is C22H14Cl2N4OS. The maximum Gasteiger partial charge on any atom is 0.226 e. The predicted octanol–water partition coefficient (Wildman–Crippen LogP) is 6.21. The maximum absolute atomic E-state index is 6.55. The fourth-order valence-corrected chi connectivity index (χ4v) is 5.20. The summed E-state index contributed by atoms with van der Waals surface area (Å²) in [7, 11) is 0. The van der Waals surface area contributed by atoms with Crippen molar-refractivity contribution in [2.24, 2.45) is 0 Å². The van der Waals surface area contributed by atoms with Crippen LogP contribution in [0.3, 0.4) is 0 Å². The number of nitrogens with one attached hydrogen (secondary N) is 1. The Hall–Kier alpha value is -2.80. The van der Waals surface area contributed by atoms with E-state index < -0.39 is 0 Å². The van der Waals surface area contributed by atoms with Crippen LogP contribution in [0.2, 0.25) is 10.0 Å². The number of hydrogen-bond acceptors (Lipinski definition) is 5. The van der Waals surface area contributed by atoms with Gasteiger partial charge in [0.2, 0.25) is 5.95 Å². The molecule has 2 aliphatic rings. The molecular weight excluding hydrogens is 439 g/mol. The van der Waals surface area contributed by atoms with Gasteiger partial charge in [0.15, 0.2) is 0 Å². The van der Waals surface area contributed by atoms with Gasteiger partial charge in [0.05, 0.1) is 5.70 Å². The van der Waals surface area contributed by atoms with Crippen LogP contribution in [0.4, 0.5) is 5.95 Å². The third-order valence-electron chi connectivity index (χ3n) is 5.36. The van der Waals surface area contributed by atoms with Gasteiger partial charge < -0.3 is 10.1 Å². The molecule has 5 nitrogen and oxygen atoms in total. The van der Waals surface area contributed by atoms with Crippen molar-refractivity contribution in [3.63, 3.8) is 0 Å². The molecule has 0 radical (unpaired) electrons. The van der Waals surface area contributed by atoms with Crippen molar-refractivity contribution in [2.45, 2.75) is 12.1 Å². The van der Waals surface area contributed by atoms with E-state index >= 15 is 0 Å². The zero-order valence-corrected chi connectivity index (χ0v) is 17.7. The summed E-state index contributed by atoms with van der Waals surface area (Å²) in [4.78, 5) is 5.59. The molecule has 0 saturated carbocycles. The van der Waals surface area contributed by atoms with Crippen molar-refractivity contribution in [3.05, 3.63) is 97.9 Å². The standard InChI is InChI=1S/C22H14Cl2N4OS/c23-13-5-3-12(4-6-13)21-18-19(15-10-14(24)7-8-16(15)29-21)27-22-25-11-26-28(22)20(18)17-2-1-9-30-17/h1-11,20-21H,(H,25,26,27). The average molecular weight is 453 g/mol. The number of halogens is 2. The van der Waals surface area contributed by atoms with E-state index in [0.717, 1.165) is 33.0 Å². The minimum Gasteiger partial charge on any atom is -0.480 e. The van der Waals surface area contributed by atoms with Crippen LogP contribution in [0.5, 0.6) is 5.75 Å². The molecule has 0 spiro atoms. The quantitative estimate of drug-likeness (QED) is 0.392. The zero-order chi connectivity index (χ0) is 20.2. The minimum absolute atomic E-state index is 0.147. The van der Waals surface area contributed by atoms with Gasteiger partial charge in [0.25, 0.3) is 0 Å². The van der Waals surface area contributed by atoms with E-state index in [1.807, 2.05) is 53.2 Å². The molecule has 30 heavy (non-hydrogen) atoms. The third kappa shape index (κ3) is 2.75. The van der Waals surface area contributed by atoms with Gasteiger partial charge in [0, 0.05) is 26.1 Å². The lowest BCUT2D eigenvalue weighted by Gasteiger charge is -2.38. The highest BCUT2D eigenvalue weighted by molar-refractivity contribution is 7.10. The molecule has 2 aliphatic heterocycles. The molecule has 0 amide bonds. The van der Waals surface area contributed by atoms with Gasteiger partial charge >= 0.3 is 0 Å². The summed E-state index contributed by atoms with van der Waals surface area (Å²) >= 11 is 14.2. The molecule has 2 aromatic heterocycles. The van der Waals surface area contributed by atoms with Crippen molar-refractivity contribution in [3.8, 4) is 5.75 Å². The Morgan fingerprint density at radius 3 is 2.67 bits per heavy atom. The second-order valence-electron chi connectivity index (χ2n) is 7.09. The molecule has 2 atom stereocenters. The van der Waals surface area contributed by atoms with Crippen molar-refractivity contribution >= 4 is 46.2 Å². The monoisotopic (exact) mass is 452 g/mol. The van der Waals surface area contributed by atoms with E-state index in [2.05, 4.69) is 26.8 Å². The van der Waals surface area contributed by atoms with Crippen molar-refractivity contribution < 1.29 is 4.74 Å². The van der Waals surface area contributed by atoms with Crippen LogP contribution < -0.4 is 10.1 Å². The van der Waals surface area contributed by atoms with Gasteiger partial charge in [-0.1, -0.05) is 41.4 Å². The first-order valence-corrected chi connectivity index (χ1v) is 11.0. The smallest absolute Gasteiger partial charge is 0.226 e. The van der Waals surface area contributed by atoms with E-state index in [1.54, 1.807) is 17.7 Å². The van der Waals surface area contributed by atoms with E-state index in [-0.39, 0.29) is 12.1 Å². The number of aromatic nitrogens is 3. The summed E-state index contributed by atoms with van der Waals surface area (Å²) in [6.45, 7) is 0. The summed E-state index contributed by atoms with van der Waals surface area (Å²) < 4.78 is 8.45. The second kappa shape index (κ2) is 6.87. The molecule has 148 valence electrons. The normalized spacial score (nSPS) is 19.4. The summed E-state index contributed by atoms with van der Waals surface area (Å²) in [5, 5.41) is 11.4. The Labute approximate surface area is 186 Å². The maximum atomic E-state index is 6.55. The summed E-state index contributed by atoms with van der Waals surface area (Å²) in [5.74, 6) is 1.46. The lowest BCUT2D eigenvalue weighted by molar-refractivity contribution is 0.223. The Kier molecular flexibility index (Phi) is 4.13. The molecule has 0 fully saturated rings. The molecule has 8 heteroatoms. The number of rotatable bonds is 2. The largest absolute Gasteiger partial charge is 0.480 e. The van der Waals surface area contributed by atoms with Crippen LogP contribution in [0.1, 0.15) is 28.1 Å². The fraction of sp³-hybridized carbons (Fsp3) is 0.0909. The Morgan fingerprint density at radius 2 is 1.87 bits per heavy atom. The van der Waals surface area contributed by atoms with Crippen LogP contribution >= 0.6 is 34.5 Å². The van der Waals surface area contributed by atoms with Crippen LogP contribution in [-0.4, -0.2) is 14.8 Å². The number of benzene rings is 2. The Bertz CT molecular complexity index is 1280. The second-order valence-corrected chi connectivity index (χ2v) is 8.94. The van der Waals surface area contributed by atoms with Crippen LogP contribution in [0.15, 0.2) is 71.9 Å². The predicted molar refractivity (Wildman–Crippen MR) is 119 cm³/mol. The third-order valence-corrected chi connectivity index (χ3v) is 6.77. The average Bonchev–Trinajstić information content (AvgIpc) is 3.44. The molecule has 0 saturated heterocycles. The van der Waals surface area contributed by atoms with Gasteiger partial charge in [-0.2, -0.15) is 10.1 Å². The topological polar surface area (TPSA) is 52.0 Å². The number of nitrogens with zero attached hydrogens (tertiary/aromatic N) is 3. The molecule has 0 bridgehead atoms. The first-order chi connectivity index (χ1) is 14.7. The SMILES string of the molecule is Clc1ccc(C2Oc3ccc(Cl)cc3C3=C2C(c2cccs2)n2ncnc2N3)cc1. The van der Waals surface area contributed by atoms with Gasteiger partial charge in [-0.25, -0.2) is 4.68 Å². The molecule has 2 aromatic carbocycles. The van der Waals surface area contributed by atoms with Crippen molar-refractivity contribution in [1.82, 2.24) is 14.8 Å². The molecule has 1 N–H and O–H groups in total. The highest BCUT2D eigenvalue weighted by Gasteiger charge is 2.41. The van der Waals surface area contributed by atoms with Gasteiger partial charge in [-0.05, 0) is 47.3 Å². The number of anilines is 1. The Morgan fingerprint density at radius 1 is 1.03 bits per heavy atom. The van der Waals surface area contributed by atoms with Crippen LogP contribution in [0.25, 0.3) is 5.70 Å². The fourth-order valence-electron chi connectivity index (χ4n) is 4.07. The van der Waals surface area contributed by atoms with Gasteiger partial charge in [-0.3, -0.25) is 0 Å². The van der Waals surface area contributed by atoms with Crippen LogP contribution in [0, 0.1) is 0 Å². The number of hydrogen-bond donors (Lipinski definition) is 1. The lowest BCUT2D eigenvalue weighted by Crippen LogP contribution is -2.32. The number of fused-ring (bicyclic) bond motifs is 3. The summed E-state index contributed by atoms with van der Waals surface area (Å²) in [6.07, 6.45) is 1.25. The van der Waals surface area contributed by atoms with Gasteiger partial charge in [0.1, 0.15) is 24.2 Å². The number of ether oxygens (including phenoxy) is 1. The first kappa shape index (κ1) is 18.0. The minimum atomic E-state index is -0.317. The van der Waals surface area contributed by atoms with Gasteiger partial charge in [-0.15, -0.1) is 11.3 Å².